The fraction of sp³-hybridized carbons (Fsp3) is 0.220. The van der Waals surface area contributed by atoms with E-state index in [0.717, 1.165) is 47.6 Å². The van der Waals surface area contributed by atoms with Gasteiger partial charge in [0.25, 0.3) is 0 Å². The highest BCUT2D eigenvalue weighted by molar-refractivity contribution is 6.84. The molecule has 6 aromatic rings. The molecule has 0 N–H and O–H groups in total. The van der Waals surface area contributed by atoms with E-state index in [4.69, 9.17) is 14.1 Å². The smallest absolute Gasteiger partial charge is 0.175 e. The molecule has 6 heteroatoms. The lowest BCUT2D eigenvalue weighted by Gasteiger charge is -2.34. The van der Waals surface area contributed by atoms with E-state index in [0.29, 0.717) is 0 Å². The first-order valence-electron chi connectivity index (χ1n) is 19.8. The first-order valence-corrected chi connectivity index (χ1v) is 26.0. The molecule has 0 radical (unpaired) electrons. The highest BCUT2D eigenvalue weighted by Crippen LogP contribution is 2.56. The Kier molecular flexibility index (Phi) is 11.7. The molecule has 4 nitrogen and oxygen atoms in total. The average molecular weight is 768 g/mol. The Hall–Kier alpha value is -5.28. The number of fused-ring (bicyclic) bond motifs is 3. The Balaban J connectivity index is 0.962. The van der Waals surface area contributed by atoms with Crippen molar-refractivity contribution in [3.63, 3.8) is 0 Å². The fourth-order valence-corrected chi connectivity index (χ4v) is 16.1. The minimum atomic E-state index is -1.85. The van der Waals surface area contributed by atoms with Crippen LogP contribution in [0, 0.1) is 13.8 Å². The van der Waals surface area contributed by atoms with E-state index in [9.17, 15) is 0 Å². The van der Waals surface area contributed by atoms with Gasteiger partial charge in [0.1, 0.15) is 0 Å². The van der Waals surface area contributed by atoms with Crippen LogP contribution in [-0.2, 0) is 9.53 Å². The second kappa shape index (κ2) is 16.8. The summed E-state index contributed by atoms with van der Waals surface area (Å²) in [6, 6.07) is 54.5. The van der Waals surface area contributed by atoms with Gasteiger partial charge in [0.15, 0.2) is 16.6 Å². The second-order valence-electron chi connectivity index (χ2n) is 16.3. The summed E-state index contributed by atoms with van der Waals surface area (Å²) in [7, 11) is -3.67. The zero-order valence-electron chi connectivity index (χ0n) is 33.7. The van der Waals surface area contributed by atoms with Crippen molar-refractivity contribution in [1.29, 1.82) is 0 Å². The SMILES string of the molecule is Cc1ccc(/C=N/CC[Si](C)(C)O[Si](C)(C)CC/N=C\c2ccc(/C=N/c3ccc(C4(c5ccc(C)cc5)c5ccccc5-c5ccccc54)cc3)cc2)cc1. The number of nitrogens with zero attached hydrogens (tertiary/aromatic N) is 3. The minimum Gasteiger partial charge on any atom is -0.455 e. The summed E-state index contributed by atoms with van der Waals surface area (Å²) in [5.74, 6) is 0. The Morgan fingerprint density at radius 3 is 1.36 bits per heavy atom. The maximum atomic E-state index is 6.83. The number of hydrogen-bond donors (Lipinski definition) is 0. The first kappa shape index (κ1) is 39.0. The van der Waals surface area contributed by atoms with Crippen LogP contribution in [0.3, 0.4) is 0 Å². The lowest BCUT2D eigenvalue weighted by Crippen LogP contribution is -2.45. The van der Waals surface area contributed by atoms with Gasteiger partial charge in [0.2, 0.25) is 0 Å². The Labute approximate surface area is 336 Å². The molecule has 0 aromatic heterocycles. The summed E-state index contributed by atoms with van der Waals surface area (Å²) >= 11 is 0. The van der Waals surface area contributed by atoms with Crippen LogP contribution in [0.25, 0.3) is 11.1 Å². The van der Waals surface area contributed by atoms with Gasteiger partial charge in [-0.1, -0.05) is 145 Å². The Bertz CT molecular complexity index is 2300. The second-order valence-corrected chi connectivity index (χ2v) is 25.1. The standard InChI is InChI=1S/C50H53N3OSi2/c1-38-15-19-40(20-16-38)35-51-31-33-55(3,4)54-56(5,6)34-32-52-36-41-21-23-42(24-22-41)37-53-45-29-27-44(28-30-45)50(43-25-17-39(2)18-26-43)48-13-9-7-11-46(48)47-12-8-10-14-49(47)50/h7-30,35-37H,31-34H2,1-6H3/b51-35+,52-36-,53-37+. The van der Waals surface area contributed by atoms with Crippen molar-refractivity contribution >= 4 is 41.0 Å². The van der Waals surface area contributed by atoms with Crippen LogP contribution in [-0.4, -0.2) is 48.4 Å². The molecule has 0 bridgehead atoms. The normalized spacial score (nSPS) is 13.8. The van der Waals surface area contributed by atoms with E-state index >= 15 is 0 Å². The number of aryl methyl sites for hydroxylation is 2. The van der Waals surface area contributed by atoms with Crippen LogP contribution in [0.1, 0.15) is 50.1 Å². The molecule has 1 aliphatic rings. The van der Waals surface area contributed by atoms with Gasteiger partial charge in [0, 0.05) is 31.7 Å². The van der Waals surface area contributed by atoms with E-state index in [1.54, 1.807) is 0 Å². The molecule has 0 unspecified atom stereocenters. The van der Waals surface area contributed by atoms with Gasteiger partial charge in [-0.05, 0) is 114 Å². The molecule has 1 aliphatic carbocycles. The molecule has 7 rings (SSSR count). The van der Waals surface area contributed by atoms with Gasteiger partial charge >= 0.3 is 0 Å². The van der Waals surface area contributed by atoms with Crippen molar-refractivity contribution < 1.29 is 4.12 Å². The van der Waals surface area contributed by atoms with Crippen LogP contribution in [0.4, 0.5) is 5.69 Å². The van der Waals surface area contributed by atoms with E-state index in [-0.39, 0.29) is 0 Å². The molecule has 0 amide bonds. The van der Waals surface area contributed by atoms with Crippen molar-refractivity contribution in [2.45, 2.75) is 57.5 Å². The maximum Gasteiger partial charge on any atom is 0.175 e. The van der Waals surface area contributed by atoms with Gasteiger partial charge in [-0.3, -0.25) is 15.0 Å². The lowest BCUT2D eigenvalue weighted by atomic mass is 9.67. The van der Waals surface area contributed by atoms with Gasteiger partial charge in [-0.15, -0.1) is 0 Å². The first-order chi connectivity index (χ1) is 27.0. The van der Waals surface area contributed by atoms with Crippen molar-refractivity contribution in [1.82, 2.24) is 0 Å². The predicted octanol–water partition coefficient (Wildman–Crippen LogP) is 12.4. The quantitative estimate of drug-likeness (QED) is 0.0803. The van der Waals surface area contributed by atoms with Gasteiger partial charge < -0.3 is 4.12 Å². The third-order valence-corrected chi connectivity index (χ3v) is 18.1. The van der Waals surface area contributed by atoms with Gasteiger partial charge in [-0.25, -0.2) is 0 Å². The van der Waals surface area contributed by atoms with E-state index in [1.807, 2.05) is 18.6 Å². The molecule has 282 valence electrons. The molecule has 0 fully saturated rings. The zero-order chi connectivity index (χ0) is 39.2. The zero-order valence-corrected chi connectivity index (χ0v) is 35.7. The summed E-state index contributed by atoms with van der Waals surface area (Å²) in [4.78, 5) is 14.3. The van der Waals surface area contributed by atoms with Crippen molar-refractivity contribution in [3.8, 4) is 11.1 Å². The van der Waals surface area contributed by atoms with E-state index < -0.39 is 22.0 Å². The molecular weight excluding hydrogens is 715 g/mol. The number of aliphatic imine (C=N–C) groups is 3. The molecule has 0 atom stereocenters. The molecule has 0 spiro atoms. The molecule has 0 heterocycles. The maximum absolute atomic E-state index is 6.83. The predicted molar refractivity (Wildman–Crippen MR) is 244 cm³/mol. The van der Waals surface area contributed by atoms with Gasteiger partial charge in [0.05, 0.1) is 11.1 Å². The van der Waals surface area contributed by atoms with Crippen LogP contribution in [0.15, 0.2) is 161 Å². The Morgan fingerprint density at radius 1 is 0.482 bits per heavy atom. The molecule has 0 saturated heterocycles. The molecule has 56 heavy (non-hydrogen) atoms. The monoisotopic (exact) mass is 767 g/mol. The number of benzene rings is 6. The largest absolute Gasteiger partial charge is 0.455 e. The average Bonchev–Trinajstić information content (AvgIpc) is 3.50. The molecule has 0 aliphatic heterocycles. The highest BCUT2D eigenvalue weighted by Gasteiger charge is 2.45. The summed E-state index contributed by atoms with van der Waals surface area (Å²) in [6.45, 7) is 15.1. The van der Waals surface area contributed by atoms with Crippen molar-refractivity contribution in [2.75, 3.05) is 13.1 Å². The highest BCUT2D eigenvalue weighted by atomic mass is 28.4. The summed E-state index contributed by atoms with van der Waals surface area (Å²) in [5, 5.41) is 0. The van der Waals surface area contributed by atoms with Crippen LogP contribution < -0.4 is 0 Å². The van der Waals surface area contributed by atoms with Crippen LogP contribution >= 0.6 is 0 Å². The van der Waals surface area contributed by atoms with E-state index in [1.165, 1.54) is 44.5 Å². The summed E-state index contributed by atoms with van der Waals surface area (Å²) < 4.78 is 6.83. The third kappa shape index (κ3) is 8.89. The number of hydrogen-bond acceptors (Lipinski definition) is 4. The van der Waals surface area contributed by atoms with Crippen molar-refractivity contribution in [2.24, 2.45) is 15.0 Å². The Morgan fingerprint density at radius 2 is 0.875 bits per heavy atom. The van der Waals surface area contributed by atoms with Crippen LogP contribution in [0.2, 0.25) is 38.3 Å². The van der Waals surface area contributed by atoms with Gasteiger partial charge in [-0.2, -0.15) is 0 Å². The lowest BCUT2D eigenvalue weighted by molar-refractivity contribution is 0.538. The third-order valence-electron chi connectivity index (χ3n) is 10.8. The number of rotatable bonds is 14. The minimum absolute atomic E-state index is 0.401. The summed E-state index contributed by atoms with van der Waals surface area (Å²) in [6.07, 6.45) is 5.90. The molecule has 6 aromatic carbocycles. The summed E-state index contributed by atoms with van der Waals surface area (Å²) in [5.41, 5.74) is 14.1. The van der Waals surface area contributed by atoms with E-state index in [2.05, 4.69) is 191 Å². The molecular formula is C50H53N3OSi2. The molecule has 0 saturated carbocycles. The van der Waals surface area contributed by atoms with Crippen molar-refractivity contribution in [3.05, 3.63) is 196 Å². The fourth-order valence-electron chi connectivity index (χ4n) is 7.95. The van der Waals surface area contributed by atoms with Crippen LogP contribution in [0.5, 0.6) is 0 Å². The topological polar surface area (TPSA) is 46.3 Å².